The highest BCUT2D eigenvalue weighted by molar-refractivity contribution is 6.12. The van der Waals surface area contributed by atoms with Crippen LogP contribution in [0.1, 0.15) is 99.9 Å². The van der Waals surface area contributed by atoms with Gasteiger partial charge in [0.25, 0.3) is 0 Å². The second-order valence-corrected chi connectivity index (χ2v) is 23.7. The van der Waals surface area contributed by atoms with Gasteiger partial charge >= 0.3 is 0 Å². The minimum absolute atomic E-state index is 0.0305. The molecule has 14 rings (SSSR count). The number of para-hydroxylation sites is 1. The number of hydrogen-bond acceptors (Lipinski definition) is 1. The van der Waals surface area contributed by atoms with Crippen molar-refractivity contribution in [2.45, 2.75) is 77.0 Å². The van der Waals surface area contributed by atoms with Gasteiger partial charge in [-0.3, -0.25) is 0 Å². The molecule has 74 heavy (non-hydrogen) atoms. The van der Waals surface area contributed by atoms with Gasteiger partial charge in [0.05, 0.1) is 16.4 Å². The Morgan fingerprint density at radius 2 is 0.932 bits per heavy atom. The van der Waals surface area contributed by atoms with Gasteiger partial charge in [0.1, 0.15) is 0 Å². The van der Waals surface area contributed by atoms with Gasteiger partial charge in [0.15, 0.2) is 0 Å². The third-order valence-corrected chi connectivity index (χ3v) is 17.1. The highest BCUT2D eigenvalue weighted by Crippen LogP contribution is 2.65. The summed E-state index contributed by atoms with van der Waals surface area (Å²) in [5.41, 5.74) is 27.4. The summed E-state index contributed by atoms with van der Waals surface area (Å²) in [6.07, 6.45) is 0. The van der Waals surface area contributed by atoms with Crippen LogP contribution in [0.2, 0.25) is 0 Å². The van der Waals surface area contributed by atoms with Crippen molar-refractivity contribution >= 4 is 38.9 Å². The third kappa shape index (κ3) is 6.24. The molecule has 10 aromatic carbocycles. The average Bonchev–Trinajstić information content (AvgIpc) is 4.12. The second kappa shape index (κ2) is 15.7. The minimum Gasteiger partial charge on any atom is -0.310 e. The molecular formula is C72H60N2. The van der Waals surface area contributed by atoms with Gasteiger partial charge in [-0.2, -0.15) is 0 Å². The molecule has 0 bridgehead atoms. The van der Waals surface area contributed by atoms with E-state index in [9.17, 15) is 0 Å². The van der Waals surface area contributed by atoms with E-state index in [-0.39, 0.29) is 16.2 Å². The van der Waals surface area contributed by atoms with E-state index >= 15 is 0 Å². The van der Waals surface area contributed by atoms with E-state index in [2.05, 4.69) is 283 Å². The molecule has 3 aliphatic carbocycles. The van der Waals surface area contributed by atoms with Gasteiger partial charge in [0.2, 0.25) is 0 Å². The molecule has 2 heteroatoms. The zero-order valence-corrected chi connectivity index (χ0v) is 43.7. The first-order chi connectivity index (χ1) is 35.7. The fraction of sp³-hybridized carbons (Fsp3) is 0.167. The monoisotopic (exact) mass is 952 g/mol. The zero-order valence-electron chi connectivity index (χ0n) is 43.7. The molecular weight excluding hydrogens is 893 g/mol. The first kappa shape index (κ1) is 44.5. The lowest BCUT2D eigenvalue weighted by Crippen LogP contribution is -2.27. The molecule has 358 valence electrons. The molecule has 0 N–H and O–H groups in total. The van der Waals surface area contributed by atoms with Crippen molar-refractivity contribution in [1.29, 1.82) is 0 Å². The molecule has 0 saturated carbocycles. The Kier molecular flexibility index (Phi) is 9.41. The van der Waals surface area contributed by atoms with Crippen LogP contribution in [0.15, 0.2) is 218 Å². The van der Waals surface area contributed by atoms with Crippen LogP contribution in [0.5, 0.6) is 0 Å². The van der Waals surface area contributed by atoms with E-state index < -0.39 is 5.41 Å². The predicted octanol–water partition coefficient (Wildman–Crippen LogP) is 19.2. The number of anilines is 3. The van der Waals surface area contributed by atoms with Crippen LogP contribution >= 0.6 is 0 Å². The highest BCUT2D eigenvalue weighted by Gasteiger charge is 2.53. The molecule has 0 aliphatic heterocycles. The first-order valence-electron chi connectivity index (χ1n) is 26.5. The van der Waals surface area contributed by atoms with Gasteiger partial charge < -0.3 is 9.47 Å². The van der Waals surface area contributed by atoms with Crippen molar-refractivity contribution in [3.05, 3.63) is 263 Å². The van der Waals surface area contributed by atoms with Crippen molar-refractivity contribution < 1.29 is 0 Å². The molecule has 11 aromatic rings. The molecule has 3 aliphatic rings. The summed E-state index contributed by atoms with van der Waals surface area (Å²) >= 11 is 0. The number of nitrogens with zero attached hydrogens (tertiary/aromatic N) is 2. The third-order valence-electron chi connectivity index (χ3n) is 17.1. The molecule has 0 fully saturated rings. The topological polar surface area (TPSA) is 8.17 Å². The summed E-state index contributed by atoms with van der Waals surface area (Å²) in [5, 5.41) is 2.55. The van der Waals surface area contributed by atoms with Gasteiger partial charge in [-0.25, -0.2) is 0 Å². The number of rotatable bonds is 5. The molecule has 0 atom stereocenters. The molecule has 2 nitrogen and oxygen atoms in total. The number of aromatic nitrogens is 1. The summed E-state index contributed by atoms with van der Waals surface area (Å²) in [6.45, 7) is 19.0. The second-order valence-electron chi connectivity index (χ2n) is 23.7. The molecule has 1 aromatic heterocycles. The van der Waals surface area contributed by atoms with Crippen molar-refractivity contribution in [3.8, 4) is 50.2 Å². The van der Waals surface area contributed by atoms with Crippen LogP contribution in [-0.2, 0) is 21.7 Å². The summed E-state index contributed by atoms with van der Waals surface area (Å²) in [6, 6.07) is 83.0. The van der Waals surface area contributed by atoms with E-state index in [0.29, 0.717) is 0 Å². The normalized spacial score (nSPS) is 14.4. The van der Waals surface area contributed by atoms with E-state index in [0.717, 1.165) is 22.7 Å². The maximum Gasteiger partial charge on any atom is 0.0726 e. The summed E-state index contributed by atoms with van der Waals surface area (Å²) in [4.78, 5) is 2.51. The predicted molar refractivity (Wildman–Crippen MR) is 312 cm³/mol. The molecule has 0 saturated heterocycles. The summed E-state index contributed by atoms with van der Waals surface area (Å²) < 4.78 is 2.49. The van der Waals surface area contributed by atoms with Crippen molar-refractivity contribution in [1.82, 2.24) is 4.57 Å². The maximum atomic E-state index is 2.56. The first-order valence-corrected chi connectivity index (χ1v) is 26.5. The van der Waals surface area contributed by atoms with Crippen LogP contribution in [0.3, 0.4) is 0 Å². The van der Waals surface area contributed by atoms with E-state index in [4.69, 9.17) is 0 Å². The van der Waals surface area contributed by atoms with Crippen LogP contribution in [0.25, 0.3) is 72.0 Å². The van der Waals surface area contributed by atoms with Crippen LogP contribution in [-0.4, -0.2) is 4.57 Å². The van der Waals surface area contributed by atoms with E-state index in [1.165, 1.54) is 111 Å². The van der Waals surface area contributed by atoms with Gasteiger partial charge in [-0.1, -0.05) is 207 Å². The number of hydrogen-bond donors (Lipinski definition) is 0. The van der Waals surface area contributed by atoms with E-state index in [1.807, 2.05) is 0 Å². The largest absolute Gasteiger partial charge is 0.310 e. The Labute approximate surface area is 436 Å². The van der Waals surface area contributed by atoms with Crippen LogP contribution < -0.4 is 4.90 Å². The van der Waals surface area contributed by atoms with Crippen molar-refractivity contribution in [2.75, 3.05) is 4.90 Å². The molecule has 1 heterocycles. The fourth-order valence-electron chi connectivity index (χ4n) is 13.5. The maximum absolute atomic E-state index is 2.56. The van der Waals surface area contributed by atoms with E-state index in [1.54, 1.807) is 0 Å². The summed E-state index contributed by atoms with van der Waals surface area (Å²) in [5.74, 6) is 0. The number of fused-ring (bicyclic) bond motifs is 16. The Morgan fingerprint density at radius 3 is 1.58 bits per heavy atom. The van der Waals surface area contributed by atoms with Crippen molar-refractivity contribution in [2.24, 2.45) is 0 Å². The van der Waals surface area contributed by atoms with Gasteiger partial charge in [-0.05, 0) is 167 Å². The average molecular weight is 953 g/mol. The smallest absolute Gasteiger partial charge is 0.0726 e. The zero-order chi connectivity index (χ0) is 50.5. The fourth-order valence-corrected chi connectivity index (χ4v) is 13.5. The molecule has 0 radical (unpaired) electrons. The molecule has 0 amide bonds. The van der Waals surface area contributed by atoms with Gasteiger partial charge in [-0.15, -0.1) is 0 Å². The lowest BCUT2D eigenvalue weighted by Gasteiger charge is -2.34. The lowest BCUT2D eigenvalue weighted by atomic mass is 9.69. The Bertz CT molecular complexity index is 4050. The van der Waals surface area contributed by atoms with Crippen molar-refractivity contribution in [3.63, 3.8) is 0 Å². The summed E-state index contributed by atoms with van der Waals surface area (Å²) in [7, 11) is 0. The highest BCUT2D eigenvalue weighted by atomic mass is 15.1. The Hall–Kier alpha value is -8.20. The Morgan fingerprint density at radius 1 is 0.365 bits per heavy atom. The molecule has 0 unspecified atom stereocenters. The lowest BCUT2D eigenvalue weighted by molar-refractivity contribution is 0.588. The van der Waals surface area contributed by atoms with Crippen LogP contribution in [0, 0.1) is 0 Å². The number of benzene rings is 10. The minimum atomic E-state index is -0.519. The van der Waals surface area contributed by atoms with Gasteiger partial charge in [0, 0.05) is 38.9 Å². The Balaban J connectivity index is 1.01. The SMILES string of the molecule is CC(C)(C)c1ccc2c(c1)C1(c3ccccc3-c3ccccc31)c1cc(N(c3ccc(-c4ccccc4)cc3)c3ccc(-n4c5ccccc5c5cc6c(cc54)C(C)(C)c4ccccc4-6)cc3)cc(C(C)(C)C)c1-2. The molecule has 1 spiro atoms. The quantitative estimate of drug-likeness (QED) is 0.167. The van der Waals surface area contributed by atoms with Crippen LogP contribution in [0.4, 0.5) is 17.1 Å². The standard InChI is InChI=1S/C72H60N2/c1-69(2,3)47-32-39-56-63(40-47)72(60-27-17-13-22-52(60)53-23-14-18-28-61(53)72)65-42-51(41-64(68(56)65)70(4,5)6)73(48-33-30-46(31-34-48)45-20-10-9-11-21-45)49-35-37-50(38-36-49)74-66-29-19-15-25-55(66)58-43-57-54-24-12-16-26-59(54)71(7,8)62(57)44-67(58)74/h9-44H,1-8H3.